The molecule has 2 aliphatic rings. The van der Waals surface area contributed by atoms with Crippen molar-refractivity contribution in [2.75, 3.05) is 11.9 Å². The number of hydrogen-bond donors (Lipinski definition) is 1. The number of carbonyl (C=O) groups is 1. The van der Waals surface area contributed by atoms with Gasteiger partial charge in [0.05, 0.1) is 22.8 Å². The van der Waals surface area contributed by atoms with Crippen LogP contribution in [0.2, 0.25) is 0 Å². The van der Waals surface area contributed by atoms with E-state index in [2.05, 4.69) is 21.2 Å². The van der Waals surface area contributed by atoms with Gasteiger partial charge in [0.2, 0.25) is 0 Å². The molecule has 1 N–H and O–H groups in total. The minimum atomic E-state index is -0.593. The van der Waals surface area contributed by atoms with E-state index in [9.17, 15) is 14.4 Å². The first kappa shape index (κ1) is 15.9. The molecule has 0 amide bonds. The summed E-state index contributed by atoms with van der Waals surface area (Å²) in [5, 5.41) is 3.05. The zero-order chi connectivity index (χ0) is 17.9. The summed E-state index contributed by atoms with van der Waals surface area (Å²) in [5.74, 6) is -0.645. The maximum atomic E-state index is 12.9. The van der Waals surface area contributed by atoms with E-state index in [0.29, 0.717) is 22.7 Å². The average Bonchev–Trinajstić information content (AvgIpc) is 2.97. The van der Waals surface area contributed by atoms with Crippen molar-refractivity contribution >= 4 is 27.7 Å². The lowest BCUT2D eigenvalue weighted by atomic mass is 9.83. The Hall–Kier alpha value is -2.61. The van der Waals surface area contributed by atoms with E-state index in [0.717, 1.165) is 14.6 Å². The third kappa shape index (κ3) is 2.21. The van der Waals surface area contributed by atoms with E-state index in [4.69, 9.17) is 4.74 Å². The zero-order valence-corrected chi connectivity index (χ0v) is 15.1. The summed E-state index contributed by atoms with van der Waals surface area (Å²) < 4.78 is 8.44. The SMILES string of the molecule is Cn1c2c(c(=O)n(C)c1=O)[C@@H](c1cccc(Br)c1)C1=C(COC1=O)N2. The number of fused-ring (bicyclic) bond motifs is 1. The summed E-state index contributed by atoms with van der Waals surface area (Å²) in [4.78, 5) is 37.5. The molecule has 128 valence electrons. The molecule has 0 radical (unpaired) electrons. The van der Waals surface area contributed by atoms with Gasteiger partial charge in [0, 0.05) is 18.6 Å². The number of ether oxygens (including phenoxy) is 1. The van der Waals surface area contributed by atoms with Crippen LogP contribution in [-0.2, 0) is 23.6 Å². The van der Waals surface area contributed by atoms with Crippen LogP contribution < -0.4 is 16.6 Å². The van der Waals surface area contributed by atoms with Crippen LogP contribution in [0.5, 0.6) is 0 Å². The Balaban J connectivity index is 2.10. The fourth-order valence-electron chi connectivity index (χ4n) is 3.40. The third-order valence-corrected chi connectivity index (χ3v) is 5.11. The first-order valence-corrected chi connectivity index (χ1v) is 8.42. The van der Waals surface area contributed by atoms with Gasteiger partial charge in [0.1, 0.15) is 12.4 Å². The molecule has 0 saturated heterocycles. The van der Waals surface area contributed by atoms with Crippen LogP contribution >= 0.6 is 15.9 Å². The van der Waals surface area contributed by atoms with Gasteiger partial charge in [-0.2, -0.15) is 0 Å². The quantitative estimate of drug-likeness (QED) is 0.723. The summed E-state index contributed by atoms with van der Waals surface area (Å²) in [7, 11) is 3.02. The van der Waals surface area contributed by atoms with E-state index >= 15 is 0 Å². The molecule has 0 fully saturated rings. The van der Waals surface area contributed by atoms with Gasteiger partial charge in [-0.25, -0.2) is 9.59 Å². The minimum absolute atomic E-state index is 0.0987. The number of halogens is 1. The van der Waals surface area contributed by atoms with Crippen molar-refractivity contribution < 1.29 is 9.53 Å². The Kier molecular flexibility index (Phi) is 3.47. The fraction of sp³-hybridized carbons (Fsp3) is 0.235. The van der Waals surface area contributed by atoms with Crippen molar-refractivity contribution in [1.82, 2.24) is 9.13 Å². The topological polar surface area (TPSA) is 82.3 Å². The minimum Gasteiger partial charge on any atom is -0.456 e. The van der Waals surface area contributed by atoms with Crippen LogP contribution in [0.1, 0.15) is 17.0 Å². The molecule has 4 rings (SSSR count). The standard InChI is InChI=1S/C17H14BrN3O4/c1-20-14-13(15(22)21(2)17(20)24)11(8-4-3-5-9(18)6-8)12-10(19-14)7-25-16(12)23/h3-6,11,19H,7H2,1-2H3/t11-/m0/s1. The van der Waals surface area contributed by atoms with Gasteiger partial charge >= 0.3 is 11.7 Å². The largest absolute Gasteiger partial charge is 0.456 e. The number of nitrogens with zero attached hydrogens (tertiary/aromatic N) is 2. The predicted octanol–water partition coefficient (Wildman–Crippen LogP) is 1.21. The smallest absolute Gasteiger partial charge is 0.337 e. The molecular weight excluding hydrogens is 390 g/mol. The summed E-state index contributed by atoms with van der Waals surface area (Å²) in [5.41, 5.74) is 1.28. The summed E-state index contributed by atoms with van der Waals surface area (Å²) in [6.45, 7) is 0.0987. The summed E-state index contributed by atoms with van der Waals surface area (Å²) in [6.07, 6.45) is 0. The summed E-state index contributed by atoms with van der Waals surface area (Å²) >= 11 is 3.43. The van der Waals surface area contributed by atoms with E-state index in [1.807, 2.05) is 24.3 Å². The van der Waals surface area contributed by atoms with Crippen LogP contribution in [0.4, 0.5) is 5.82 Å². The highest BCUT2D eigenvalue weighted by Gasteiger charge is 2.41. The van der Waals surface area contributed by atoms with Crippen LogP contribution in [0, 0.1) is 0 Å². The van der Waals surface area contributed by atoms with Gasteiger partial charge in [-0.3, -0.25) is 13.9 Å². The van der Waals surface area contributed by atoms with E-state index in [1.165, 1.54) is 11.6 Å². The molecule has 2 aliphatic heterocycles. The van der Waals surface area contributed by atoms with Gasteiger partial charge in [-0.1, -0.05) is 28.1 Å². The van der Waals surface area contributed by atoms with Crippen molar-refractivity contribution in [2.45, 2.75) is 5.92 Å². The normalized spacial score (nSPS) is 18.5. The van der Waals surface area contributed by atoms with E-state index in [-0.39, 0.29) is 6.61 Å². The number of cyclic esters (lactones) is 1. The first-order chi connectivity index (χ1) is 11.9. The van der Waals surface area contributed by atoms with E-state index < -0.39 is 23.1 Å². The predicted molar refractivity (Wildman–Crippen MR) is 94.5 cm³/mol. The Bertz CT molecular complexity index is 1080. The van der Waals surface area contributed by atoms with Gasteiger partial charge < -0.3 is 10.1 Å². The van der Waals surface area contributed by atoms with Crippen molar-refractivity contribution in [2.24, 2.45) is 14.1 Å². The Morgan fingerprint density at radius 3 is 2.68 bits per heavy atom. The molecule has 0 saturated carbocycles. The molecule has 0 spiro atoms. The molecule has 8 heteroatoms. The highest BCUT2D eigenvalue weighted by molar-refractivity contribution is 9.10. The molecule has 1 aromatic heterocycles. The highest BCUT2D eigenvalue weighted by atomic mass is 79.9. The average molecular weight is 404 g/mol. The fourth-order valence-corrected chi connectivity index (χ4v) is 3.82. The van der Waals surface area contributed by atoms with Gasteiger partial charge in [0.25, 0.3) is 5.56 Å². The zero-order valence-electron chi connectivity index (χ0n) is 13.5. The molecule has 0 unspecified atom stereocenters. The second-order valence-corrected chi connectivity index (χ2v) is 6.97. The highest BCUT2D eigenvalue weighted by Crippen LogP contribution is 2.42. The number of esters is 1. The second-order valence-electron chi connectivity index (χ2n) is 6.05. The number of benzene rings is 1. The number of rotatable bonds is 1. The van der Waals surface area contributed by atoms with Crippen LogP contribution in [0.3, 0.4) is 0 Å². The number of nitrogens with one attached hydrogen (secondary N) is 1. The molecular formula is C17H14BrN3O4. The van der Waals surface area contributed by atoms with Crippen molar-refractivity contribution in [1.29, 1.82) is 0 Å². The third-order valence-electron chi connectivity index (χ3n) is 4.62. The molecule has 0 aliphatic carbocycles. The van der Waals surface area contributed by atoms with Crippen molar-refractivity contribution in [3.05, 3.63) is 72.0 Å². The molecule has 25 heavy (non-hydrogen) atoms. The summed E-state index contributed by atoms with van der Waals surface area (Å²) in [6, 6.07) is 7.42. The molecule has 1 aromatic carbocycles. The van der Waals surface area contributed by atoms with Gasteiger partial charge in [-0.05, 0) is 17.7 Å². The van der Waals surface area contributed by atoms with Crippen molar-refractivity contribution in [3.8, 4) is 0 Å². The Labute approximate surface area is 150 Å². The number of aromatic nitrogens is 2. The van der Waals surface area contributed by atoms with Crippen molar-refractivity contribution in [3.63, 3.8) is 0 Å². The molecule has 0 bridgehead atoms. The molecule has 1 atom stereocenters. The lowest BCUT2D eigenvalue weighted by molar-refractivity contribution is -0.136. The van der Waals surface area contributed by atoms with Gasteiger partial charge in [0.15, 0.2) is 0 Å². The molecule has 2 aromatic rings. The number of hydrogen-bond acceptors (Lipinski definition) is 5. The molecule has 3 heterocycles. The second kappa shape index (κ2) is 5.45. The Morgan fingerprint density at radius 1 is 1.20 bits per heavy atom. The van der Waals surface area contributed by atoms with Crippen LogP contribution in [0.15, 0.2) is 49.6 Å². The van der Waals surface area contributed by atoms with E-state index in [1.54, 1.807) is 7.05 Å². The lowest BCUT2D eigenvalue weighted by Gasteiger charge is -2.28. The monoisotopic (exact) mass is 403 g/mol. The lowest BCUT2D eigenvalue weighted by Crippen LogP contribution is -2.43. The maximum Gasteiger partial charge on any atom is 0.337 e. The maximum absolute atomic E-state index is 12.9. The van der Waals surface area contributed by atoms with Crippen LogP contribution in [-0.4, -0.2) is 21.7 Å². The first-order valence-electron chi connectivity index (χ1n) is 7.62. The van der Waals surface area contributed by atoms with Crippen LogP contribution in [0.25, 0.3) is 0 Å². The number of carbonyl (C=O) groups excluding carboxylic acids is 1. The number of anilines is 1. The molecule has 7 nitrogen and oxygen atoms in total. The Morgan fingerprint density at radius 2 is 1.96 bits per heavy atom. The van der Waals surface area contributed by atoms with Gasteiger partial charge in [-0.15, -0.1) is 0 Å².